The summed E-state index contributed by atoms with van der Waals surface area (Å²) in [6.45, 7) is 2.95. The number of hydrogen-bond acceptors (Lipinski definition) is 3. The molecule has 0 heterocycles. The van der Waals surface area contributed by atoms with Gasteiger partial charge in [0.15, 0.2) is 0 Å². The maximum absolute atomic E-state index is 12.2. The number of aryl methyl sites for hydroxylation is 1. The van der Waals surface area contributed by atoms with E-state index in [1.165, 1.54) is 6.42 Å². The predicted octanol–water partition coefficient (Wildman–Crippen LogP) is 2.81. The smallest absolute Gasteiger partial charge is 0.238 e. The summed E-state index contributed by atoms with van der Waals surface area (Å²) in [6.07, 6.45) is 5.96. The lowest BCUT2D eigenvalue weighted by Crippen LogP contribution is -2.45. The lowest BCUT2D eigenvalue weighted by atomic mass is 9.84. The Morgan fingerprint density at radius 1 is 1.27 bits per heavy atom. The molecule has 1 aliphatic rings. The van der Waals surface area contributed by atoms with Crippen LogP contribution in [0.1, 0.15) is 44.6 Å². The van der Waals surface area contributed by atoms with Gasteiger partial charge in [0, 0.05) is 12.2 Å². The van der Waals surface area contributed by atoms with Gasteiger partial charge in [-0.3, -0.25) is 9.69 Å². The summed E-state index contributed by atoms with van der Waals surface area (Å²) in [7, 11) is 1.90. The van der Waals surface area contributed by atoms with Gasteiger partial charge in [-0.05, 0) is 37.9 Å². The first-order valence-electron chi connectivity index (χ1n) is 8.31. The summed E-state index contributed by atoms with van der Waals surface area (Å²) in [5.74, 6) is -0.0252. The minimum absolute atomic E-state index is 0.0252. The van der Waals surface area contributed by atoms with Crippen molar-refractivity contribution >= 4 is 11.6 Å². The van der Waals surface area contributed by atoms with Crippen LogP contribution in [0.15, 0.2) is 24.3 Å². The molecule has 0 atom stereocenters. The topological polar surface area (TPSA) is 52.6 Å². The minimum Gasteiger partial charge on any atom is -0.389 e. The summed E-state index contributed by atoms with van der Waals surface area (Å²) >= 11 is 0. The maximum Gasteiger partial charge on any atom is 0.238 e. The lowest BCUT2D eigenvalue weighted by Gasteiger charge is -2.35. The molecular weight excluding hydrogens is 276 g/mol. The van der Waals surface area contributed by atoms with Crippen LogP contribution in [0.3, 0.4) is 0 Å². The average Bonchev–Trinajstić information content (AvgIpc) is 2.47. The van der Waals surface area contributed by atoms with Gasteiger partial charge >= 0.3 is 0 Å². The van der Waals surface area contributed by atoms with Crippen LogP contribution in [0.2, 0.25) is 0 Å². The number of likely N-dealkylation sites (N-methyl/N-ethyl adjacent to an activating group) is 1. The van der Waals surface area contributed by atoms with E-state index in [4.69, 9.17) is 0 Å². The van der Waals surface area contributed by atoms with Crippen LogP contribution in [-0.2, 0) is 11.2 Å². The zero-order valence-electron chi connectivity index (χ0n) is 13.8. The number of carbonyl (C=O) groups is 1. The van der Waals surface area contributed by atoms with Gasteiger partial charge in [0.05, 0.1) is 12.1 Å². The zero-order valence-corrected chi connectivity index (χ0v) is 13.8. The SMILES string of the molecule is CCc1ccccc1NC(=O)CN(C)CC1(O)CCCCC1. The number of carbonyl (C=O) groups excluding carboxylic acids is 1. The third kappa shape index (κ3) is 4.82. The molecule has 1 fully saturated rings. The highest BCUT2D eigenvalue weighted by Gasteiger charge is 2.30. The average molecular weight is 304 g/mol. The molecule has 2 rings (SSSR count). The van der Waals surface area contributed by atoms with Crippen molar-refractivity contribution in [2.75, 3.05) is 25.5 Å². The second-order valence-corrected chi connectivity index (χ2v) is 6.52. The normalized spacial score (nSPS) is 17.5. The van der Waals surface area contributed by atoms with E-state index in [0.29, 0.717) is 13.1 Å². The molecule has 122 valence electrons. The highest BCUT2D eigenvalue weighted by Crippen LogP contribution is 2.28. The fourth-order valence-corrected chi connectivity index (χ4v) is 3.31. The number of aliphatic hydroxyl groups is 1. The van der Waals surface area contributed by atoms with E-state index in [1.54, 1.807) is 0 Å². The zero-order chi connectivity index (χ0) is 16.0. The van der Waals surface area contributed by atoms with Crippen molar-refractivity contribution in [1.82, 2.24) is 4.90 Å². The number of nitrogens with zero attached hydrogens (tertiary/aromatic N) is 1. The lowest BCUT2D eigenvalue weighted by molar-refractivity contribution is -0.118. The van der Waals surface area contributed by atoms with Crippen LogP contribution in [0, 0.1) is 0 Å². The van der Waals surface area contributed by atoms with Crippen molar-refractivity contribution in [2.24, 2.45) is 0 Å². The number of nitrogens with one attached hydrogen (secondary N) is 1. The van der Waals surface area contributed by atoms with Crippen molar-refractivity contribution in [2.45, 2.75) is 51.0 Å². The van der Waals surface area contributed by atoms with Gasteiger partial charge in [0.1, 0.15) is 0 Å². The predicted molar refractivity (Wildman–Crippen MR) is 90.0 cm³/mol. The van der Waals surface area contributed by atoms with E-state index in [0.717, 1.165) is 43.4 Å². The Kier molecular flexibility index (Phi) is 5.98. The van der Waals surface area contributed by atoms with Crippen LogP contribution in [0.5, 0.6) is 0 Å². The van der Waals surface area contributed by atoms with Crippen molar-refractivity contribution < 1.29 is 9.90 Å². The molecule has 4 heteroatoms. The molecule has 1 amide bonds. The number of anilines is 1. The van der Waals surface area contributed by atoms with E-state index in [-0.39, 0.29) is 5.91 Å². The van der Waals surface area contributed by atoms with Crippen LogP contribution in [-0.4, -0.2) is 41.7 Å². The molecule has 4 nitrogen and oxygen atoms in total. The summed E-state index contributed by atoms with van der Waals surface area (Å²) in [5, 5.41) is 13.5. The van der Waals surface area contributed by atoms with Gasteiger partial charge in [0.25, 0.3) is 0 Å². The molecule has 1 aliphatic carbocycles. The van der Waals surface area contributed by atoms with Gasteiger partial charge in [0.2, 0.25) is 5.91 Å². The summed E-state index contributed by atoms with van der Waals surface area (Å²) < 4.78 is 0. The highest BCUT2D eigenvalue weighted by atomic mass is 16.3. The maximum atomic E-state index is 12.2. The molecule has 2 N–H and O–H groups in total. The van der Waals surface area contributed by atoms with Crippen LogP contribution >= 0.6 is 0 Å². The van der Waals surface area contributed by atoms with Gasteiger partial charge < -0.3 is 10.4 Å². The van der Waals surface area contributed by atoms with Crippen molar-refractivity contribution in [3.8, 4) is 0 Å². The first-order chi connectivity index (χ1) is 10.5. The largest absolute Gasteiger partial charge is 0.389 e. The molecule has 22 heavy (non-hydrogen) atoms. The first-order valence-corrected chi connectivity index (χ1v) is 8.31. The molecule has 0 bridgehead atoms. The van der Waals surface area contributed by atoms with Crippen LogP contribution in [0.25, 0.3) is 0 Å². The third-order valence-corrected chi connectivity index (χ3v) is 4.43. The molecule has 0 aliphatic heterocycles. The number of hydrogen-bond donors (Lipinski definition) is 2. The van der Waals surface area contributed by atoms with Crippen molar-refractivity contribution in [3.63, 3.8) is 0 Å². The molecule has 0 saturated heterocycles. The molecule has 1 aromatic rings. The fraction of sp³-hybridized carbons (Fsp3) is 0.611. The Balaban J connectivity index is 1.86. The van der Waals surface area contributed by atoms with Gasteiger partial charge in [-0.2, -0.15) is 0 Å². The van der Waals surface area contributed by atoms with E-state index in [2.05, 4.69) is 12.2 Å². The molecule has 0 spiro atoms. The van der Waals surface area contributed by atoms with Crippen LogP contribution in [0.4, 0.5) is 5.69 Å². The molecule has 1 saturated carbocycles. The highest BCUT2D eigenvalue weighted by molar-refractivity contribution is 5.92. The second-order valence-electron chi connectivity index (χ2n) is 6.52. The Morgan fingerprint density at radius 3 is 2.64 bits per heavy atom. The quantitative estimate of drug-likeness (QED) is 0.849. The van der Waals surface area contributed by atoms with E-state index < -0.39 is 5.60 Å². The fourth-order valence-electron chi connectivity index (χ4n) is 3.31. The molecule has 0 aromatic heterocycles. The Hall–Kier alpha value is -1.39. The molecular formula is C18H28N2O2. The molecule has 1 aromatic carbocycles. The number of amides is 1. The van der Waals surface area contributed by atoms with Crippen molar-refractivity contribution in [1.29, 1.82) is 0 Å². The Labute approximate surface area is 133 Å². The van der Waals surface area contributed by atoms with Gasteiger partial charge in [-0.1, -0.05) is 44.4 Å². The van der Waals surface area contributed by atoms with E-state index in [9.17, 15) is 9.90 Å². The second kappa shape index (κ2) is 7.75. The molecule has 0 radical (unpaired) electrons. The van der Waals surface area contributed by atoms with Gasteiger partial charge in [-0.15, -0.1) is 0 Å². The Morgan fingerprint density at radius 2 is 1.95 bits per heavy atom. The number of para-hydroxylation sites is 1. The monoisotopic (exact) mass is 304 g/mol. The van der Waals surface area contributed by atoms with E-state index >= 15 is 0 Å². The summed E-state index contributed by atoms with van der Waals surface area (Å²) in [4.78, 5) is 14.1. The first kappa shape index (κ1) is 17.0. The number of rotatable bonds is 6. The van der Waals surface area contributed by atoms with E-state index in [1.807, 2.05) is 36.2 Å². The standard InChI is InChI=1S/C18H28N2O2/c1-3-15-9-5-6-10-16(15)19-17(21)13-20(2)14-18(22)11-7-4-8-12-18/h5-6,9-10,22H,3-4,7-8,11-14H2,1-2H3,(H,19,21). The minimum atomic E-state index is -0.616. The van der Waals surface area contributed by atoms with Crippen molar-refractivity contribution in [3.05, 3.63) is 29.8 Å². The van der Waals surface area contributed by atoms with Crippen LogP contribution < -0.4 is 5.32 Å². The third-order valence-electron chi connectivity index (χ3n) is 4.43. The molecule has 0 unspecified atom stereocenters. The van der Waals surface area contributed by atoms with Gasteiger partial charge in [-0.25, -0.2) is 0 Å². The Bertz CT molecular complexity index is 496. The number of benzene rings is 1. The summed E-state index contributed by atoms with van der Waals surface area (Å²) in [5.41, 5.74) is 1.42. The summed E-state index contributed by atoms with van der Waals surface area (Å²) in [6, 6.07) is 7.89.